The van der Waals surface area contributed by atoms with Crippen molar-refractivity contribution in [2.45, 2.75) is 51.2 Å². The van der Waals surface area contributed by atoms with Gasteiger partial charge in [0.05, 0.1) is 4.75 Å². The number of nitrogens with two attached hydrogens (primary N) is 1. The summed E-state index contributed by atoms with van der Waals surface area (Å²) in [6.45, 7) is 9.67. The second kappa shape index (κ2) is 5.82. The Morgan fingerprint density at radius 1 is 1.33 bits per heavy atom. The quantitative estimate of drug-likeness (QED) is 0.539. The van der Waals surface area contributed by atoms with Gasteiger partial charge in [-0.2, -0.15) is 0 Å². The van der Waals surface area contributed by atoms with Gasteiger partial charge in [-0.15, -0.1) is 4.41 Å². The normalized spacial score (nSPS) is 13.5. The Bertz CT molecular complexity index is 273. The minimum atomic E-state index is -3.47. The van der Waals surface area contributed by atoms with Gasteiger partial charge in [0.15, 0.2) is 0 Å². The van der Waals surface area contributed by atoms with Crippen LogP contribution in [0.15, 0.2) is 0 Å². The van der Waals surface area contributed by atoms with Crippen LogP contribution in [0.3, 0.4) is 0 Å². The van der Waals surface area contributed by atoms with Crippen LogP contribution >= 0.6 is 0 Å². The van der Waals surface area contributed by atoms with Crippen molar-refractivity contribution in [3.05, 3.63) is 6.92 Å². The Hall–Kier alpha value is -0.130. The van der Waals surface area contributed by atoms with Gasteiger partial charge in [-0.1, -0.05) is 26.7 Å². The van der Waals surface area contributed by atoms with Gasteiger partial charge in [0, 0.05) is 6.54 Å². The van der Waals surface area contributed by atoms with E-state index in [2.05, 4.69) is 6.92 Å². The van der Waals surface area contributed by atoms with E-state index >= 15 is 0 Å². The third-order valence-corrected chi connectivity index (χ3v) is 4.69. The van der Waals surface area contributed by atoms with Crippen LogP contribution in [0.2, 0.25) is 0 Å². The van der Waals surface area contributed by atoms with Crippen LogP contribution in [-0.2, 0) is 10.0 Å². The fourth-order valence-electron chi connectivity index (χ4n) is 1.38. The molecule has 0 rings (SSSR count). The minimum absolute atomic E-state index is 0.369. The van der Waals surface area contributed by atoms with E-state index in [-0.39, 0.29) is 0 Å². The Labute approximate surface area is 93.9 Å². The summed E-state index contributed by atoms with van der Waals surface area (Å²) < 4.78 is 23.9. The molecule has 0 spiro atoms. The zero-order chi connectivity index (χ0) is 12.1. The molecule has 0 aliphatic carbocycles. The summed E-state index contributed by atoms with van der Waals surface area (Å²) in [6.07, 6.45) is 3.00. The molecular weight excluding hydrogens is 212 g/mol. The van der Waals surface area contributed by atoms with Gasteiger partial charge < -0.3 is 0 Å². The average molecular weight is 235 g/mol. The van der Waals surface area contributed by atoms with Gasteiger partial charge in [-0.3, -0.25) is 5.84 Å². The van der Waals surface area contributed by atoms with E-state index in [1.165, 1.54) is 0 Å². The molecule has 4 nitrogen and oxygen atoms in total. The van der Waals surface area contributed by atoms with E-state index in [0.29, 0.717) is 13.0 Å². The Kier molecular flexibility index (Phi) is 5.77. The molecule has 0 bridgehead atoms. The Morgan fingerprint density at radius 2 is 1.87 bits per heavy atom. The molecule has 1 unspecified atom stereocenters. The van der Waals surface area contributed by atoms with Crippen molar-refractivity contribution in [3.63, 3.8) is 0 Å². The van der Waals surface area contributed by atoms with Crippen molar-refractivity contribution in [2.75, 3.05) is 6.54 Å². The molecule has 0 aromatic carbocycles. The van der Waals surface area contributed by atoms with E-state index in [1.54, 1.807) is 6.92 Å². The summed E-state index contributed by atoms with van der Waals surface area (Å²) in [6, 6.07) is 0. The number of nitrogens with zero attached hydrogens (tertiary/aromatic N) is 1. The first-order valence-electron chi connectivity index (χ1n) is 5.42. The molecule has 0 saturated heterocycles. The van der Waals surface area contributed by atoms with Crippen molar-refractivity contribution < 1.29 is 8.42 Å². The van der Waals surface area contributed by atoms with Crippen molar-refractivity contribution in [1.82, 2.24) is 4.41 Å². The summed E-state index contributed by atoms with van der Waals surface area (Å²) in [5.74, 6) is 5.56. The largest absolute Gasteiger partial charge is 0.255 e. The highest BCUT2D eigenvalue weighted by atomic mass is 32.2. The summed E-state index contributed by atoms with van der Waals surface area (Å²) in [5.41, 5.74) is 0. The summed E-state index contributed by atoms with van der Waals surface area (Å²) in [4.78, 5) is 0. The molecule has 0 aliphatic heterocycles. The topological polar surface area (TPSA) is 63.4 Å². The fraction of sp³-hybridized carbons (Fsp3) is 0.900. The summed E-state index contributed by atoms with van der Waals surface area (Å²) >= 11 is 0. The van der Waals surface area contributed by atoms with Crippen LogP contribution < -0.4 is 5.84 Å². The molecule has 0 aromatic rings. The van der Waals surface area contributed by atoms with Crippen molar-refractivity contribution in [3.8, 4) is 0 Å². The third-order valence-electron chi connectivity index (χ3n) is 2.44. The van der Waals surface area contributed by atoms with E-state index in [9.17, 15) is 8.42 Å². The predicted octanol–water partition coefficient (Wildman–Crippen LogP) is 1.68. The van der Waals surface area contributed by atoms with Gasteiger partial charge in [0.1, 0.15) is 0 Å². The van der Waals surface area contributed by atoms with E-state index in [4.69, 9.17) is 5.84 Å². The molecule has 1 atom stereocenters. The molecule has 5 heteroatoms. The van der Waals surface area contributed by atoms with Crippen LogP contribution in [-0.4, -0.2) is 24.1 Å². The molecule has 0 saturated carbocycles. The van der Waals surface area contributed by atoms with Crippen LogP contribution in [0.5, 0.6) is 0 Å². The maximum absolute atomic E-state index is 12.0. The van der Waals surface area contributed by atoms with Crippen LogP contribution in [0, 0.1) is 6.92 Å². The van der Waals surface area contributed by atoms with Crippen molar-refractivity contribution in [1.29, 1.82) is 0 Å². The lowest BCUT2D eigenvalue weighted by molar-refractivity contribution is 0.396. The number of hydrogen-bond donors (Lipinski definition) is 1. The van der Waals surface area contributed by atoms with Gasteiger partial charge >= 0.3 is 0 Å². The lowest BCUT2D eigenvalue weighted by atomic mass is 10.1. The number of hydrazine groups is 1. The molecule has 0 fully saturated rings. The van der Waals surface area contributed by atoms with Crippen LogP contribution in [0.4, 0.5) is 0 Å². The summed E-state index contributed by atoms with van der Waals surface area (Å²) in [5, 5.41) is 0. The highest BCUT2D eigenvalue weighted by Crippen LogP contribution is 2.24. The highest BCUT2D eigenvalue weighted by molar-refractivity contribution is 7.90. The molecule has 0 amide bonds. The van der Waals surface area contributed by atoms with Gasteiger partial charge in [0.25, 0.3) is 0 Å². The highest BCUT2D eigenvalue weighted by Gasteiger charge is 2.37. The number of unbranched alkanes of at least 4 members (excludes halogenated alkanes) is 1. The van der Waals surface area contributed by atoms with E-state index in [1.807, 2.05) is 13.8 Å². The smallest absolute Gasteiger partial charge is 0.232 e. The first kappa shape index (κ1) is 14.9. The molecular formula is C10H23N2O2S. The van der Waals surface area contributed by atoms with Crippen molar-refractivity contribution >= 4 is 10.0 Å². The lowest BCUT2D eigenvalue weighted by Gasteiger charge is -2.29. The van der Waals surface area contributed by atoms with E-state index < -0.39 is 14.8 Å². The lowest BCUT2D eigenvalue weighted by Crippen LogP contribution is -2.48. The number of hydrogen-bond acceptors (Lipinski definition) is 3. The van der Waals surface area contributed by atoms with Gasteiger partial charge in [-0.05, 0) is 26.7 Å². The number of rotatable bonds is 7. The Balaban J connectivity index is 4.65. The number of sulfonamides is 1. The molecule has 2 N–H and O–H groups in total. The summed E-state index contributed by atoms with van der Waals surface area (Å²) in [7, 11) is -3.47. The molecule has 0 aliphatic rings. The molecule has 0 aromatic heterocycles. The zero-order valence-electron chi connectivity index (χ0n) is 9.99. The molecule has 15 heavy (non-hydrogen) atoms. The molecule has 0 heterocycles. The van der Waals surface area contributed by atoms with Gasteiger partial charge in [-0.25, -0.2) is 8.42 Å². The standard InChI is InChI=1S/C10H23N2O2S/c1-5-7-9-12(11)15(13,14)10(3,4)8-6-2/h3,5-9,11H2,1-2,4H3. The van der Waals surface area contributed by atoms with Crippen molar-refractivity contribution in [2.24, 2.45) is 5.84 Å². The minimum Gasteiger partial charge on any atom is -0.255 e. The monoisotopic (exact) mass is 235 g/mol. The first-order chi connectivity index (χ1) is 6.79. The fourth-order valence-corrected chi connectivity index (χ4v) is 2.77. The van der Waals surface area contributed by atoms with Crippen LogP contribution in [0.1, 0.15) is 46.5 Å². The SMILES string of the molecule is [CH2]C(C)(CCC)S(=O)(=O)N(N)CCCC. The maximum atomic E-state index is 12.0. The zero-order valence-corrected chi connectivity index (χ0v) is 10.8. The third kappa shape index (κ3) is 3.74. The Morgan fingerprint density at radius 3 is 2.27 bits per heavy atom. The van der Waals surface area contributed by atoms with E-state index in [0.717, 1.165) is 23.7 Å². The average Bonchev–Trinajstić information content (AvgIpc) is 2.13. The molecule has 1 radical (unpaired) electrons. The van der Waals surface area contributed by atoms with Gasteiger partial charge in [0.2, 0.25) is 10.0 Å². The molecule has 91 valence electrons. The second-order valence-corrected chi connectivity index (χ2v) is 6.57. The predicted molar refractivity (Wildman–Crippen MR) is 63.4 cm³/mol. The first-order valence-corrected chi connectivity index (χ1v) is 6.86. The van der Waals surface area contributed by atoms with Crippen LogP contribution in [0.25, 0.3) is 0 Å². The maximum Gasteiger partial charge on any atom is 0.232 e. The second-order valence-electron chi connectivity index (χ2n) is 4.17.